The molecule has 0 bridgehead atoms. The molecule has 0 unspecified atom stereocenters. The fraction of sp³-hybridized carbons (Fsp3) is 0.111. The van der Waals surface area contributed by atoms with Gasteiger partial charge in [-0.2, -0.15) is 0 Å². The molecular formula is C18H13Cl2NO3. The number of rotatable bonds is 4. The summed E-state index contributed by atoms with van der Waals surface area (Å²) in [5.41, 5.74) is 2.15. The minimum Gasteiger partial charge on any atom is -0.492 e. The number of hydrogen-bond acceptors (Lipinski definition) is 4. The first-order valence-electron chi connectivity index (χ1n) is 7.29. The minimum absolute atomic E-state index is 0.320. The Morgan fingerprint density at radius 2 is 1.96 bits per heavy atom. The molecule has 3 rings (SSSR count). The lowest BCUT2D eigenvalue weighted by Crippen LogP contribution is -2.07. The Labute approximate surface area is 149 Å². The van der Waals surface area contributed by atoms with Crippen LogP contribution in [0.3, 0.4) is 0 Å². The number of oxime groups is 1. The molecule has 2 aromatic rings. The topological polar surface area (TPSA) is 47.9 Å². The fourth-order valence-electron chi connectivity index (χ4n) is 2.35. The molecule has 24 heavy (non-hydrogen) atoms. The van der Waals surface area contributed by atoms with Crippen molar-refractivity contribution in [3.63, 3.8) is 0 Å². The smallest absolute Gasteiger partial charge is 0.368 e. The standard InChI is InChI=1S/C18H13Cl2NO3/c1-2-23-17-12(8-13(19)10-15(17)20)9-14-16(21-24-18(14)22)11-6-4-3-5-7-11/h3-10H,2H2,1H3/b14-9-. The molecule has 2 aromatic carbocycles. The summed E-state index contributed by atoms with van der Waals surface area (Å²) in [6, 6.07) is 12.6. The van der Waals surface area contributed by atoms with E-state index < -0.39 is 5.97 Å². The fourth-order valence-corrected chi connectivity index (χ4v) is 2.92. The van der Waals surface area contributed by atoms with Gasteiger partial charge in [0, 0.05) is 16.1 Å². The Kier molecular flexibility index (Phi) is 4.88. The Morgan fingerprint density at radius 1 is 1.21 bits per heavy atom. The van der Waals surface area contributed by atoms with Gasteiger partial charge in [-0.25, -0.2) is 4.79 Å². The molecule has 0 atom stereocenters. The summed E-state index contributed by atoms with van der Waals surface area (Å²) in [5, 5.41) is 4.70. The molecule has 1 aliphatic rings. The number of hydrogen-bond donors (Lipinski definition) is 0. The molecule has 6 heteroatoms. The van der Waals surface area contributed by atoms with E-state index in [2.05, 4.69) is 5.16 Å². The third-order valence-corrected chi connectivity index (χ3v) is 3.87. The lowest BCUT2D eigenvalue weighted by atomic mass is 10.0. The first kappa shape index (κ1) is 16.6. The molecule has 0 aliphatic carbocycles. The first-order chi connectivity index (χ1) is 11.6. The van der Waals surface area contributed by atoms with Crippen molar-refractivity contribution in [2.75, 3.05) is 6.61 Å². The van der Waals surface area contributed by atoms with E-state index in [1.54, 1.807) is 18.2 Å². The van der Waals surface area contributed by atoms with E-state index in [1.807, 2.05) is 37.3 Å². The van der Waals surface area contributed by atoms with Gasteiger partial charge in [-0.1, -0.05) is 58.7 Å². The van der Waals surface area contributed by atoms with Gasteiger partial charge in [0.2, 0.25) is 0 Å². The van der Waals surface area contributed by atoms with E-state index in [1.165, 1.54) is 0 Å². The number of ether oxygens (including phenoxy) is 1. The maximum Gasteiger partial charge on any atom is 0.368 e. The van der Waals surface area contributed by atoms with Gasteiger partial charge in [0.25, 0.3) is 0 Å². The van der Waals surface area contributed by atoms with Gasteiger partial charge < -0.3 is 9.57 Å². The lowest BCUT2D eigenvalue weighted by molar-refractivity contribution is -0.136. The van der Waals surface area contributed by atoms with Gasteiger partial charge in [-0.05, 0) is 25.1 Å². The molecule has 1 heterocycles. The van der Waals surface area contributed by atoms with Crippen LogP contribution in [-0.2, 0) is 9.63 Å². The molecule has 0 N–H and O–H groups in total. The second-order valence-corrected chi connectivity index (χ2v) is 5.83. The molecule has 0 radical (unpaired) electrons. The van der Waals surface area contributed by atoms with Gasteiger partial charge in [-0.3, -0.25) is 0 Å². The van der Waals surface area contributed by atoms with Crippen LogP contribution in [0, 0.1) is 0 Å². The van der Waals surface area contributed by atoms with Crippen LogP contribution in [0.4, 0.5) is 0 Å². The molecule has 122 valence electrons. The van der Waals surface area contributed by atoms with Gasteiger partial charge in [0.15, 0.2) is 0 Å². The number of benzene rings is 2. The average molecular weight is 362 g/mol. The van der Waals surface area contributed by atoms with Gasteiger partial charge in [0.1, 0.15) is 11.5 Å². The molecule has 0 spiro atoms. The molecule has 0 saturated carbocycles. The minimum atomic E-state index is -0.535. The van der Waals surface area contributed by atoms with Crippen LogP contribution in [0.2, 0.25) is 10.0 Å². The van der Waals surface area contributed by atoms with Crippen LogP contribution in [0.5, 0.6) is 5.75 Å². The van der Waals surface area contributed by atoms with Crippen molar-refractivity contribution in [3.8, 4) is 5.75 Å². The number of carbonyl (C=O) groups is 1. The number of halogens is 2. The summed E-state index contributed by atoms with van der Waals surface area (Å²) < 4.78 is 5.58. The molecule has 0 amide bonds. The zero-order valence-electron chi connectivity index (χ0n) is 12.8. The first-order valence-corrected chi connectivity index (χ1v) is 8.04. The molecule has 4 nitrogen and oxygen atoms in total. The molecule has 0 aromatic heterocycles. The zero-order valence-corrected chi connectivity index (χ0v) is 14.3. The van der Waals surface area contributed by atoms with E-state index in [4.69, 9.17) is 32.8 Å². The van der Waals surface area contributed by atoms with Gasteiger partial charge in [-0.15, -0.1) is 0 Å². The van der Waals surface area contributed by atoms with E-state index in [0.29, 0.717) is 39.2 Å². The van der Waals surface area contributed by atoms with Crippen LogP contribution >= 0.6 is 23.2 Å². The number of nitrogens with zero attached hydrogens (tertiary/aromatic N) is 1. The SMILES string of the molecule is CCOc1c(Cl)cc(Cl)cc1/C=C1\C(=O)ON=C1c1ccccc1. The van der Waals surface area contributed by atoms with Crippen LogP contribution in [0.15, 0.2) is 53.2 Å². The normalized spacial score (nSPS) is 15.4. The molecular weight excluding hydrogens is 349 g/mol. The highest BCUT2D eigenvalue weighted by atomic mass is 35.5. The monoisotopic (exact) mass is 361 g/mol. The maximum absolute atomic E-state index is 12.1. The van der Waals surface area contributed by atoms with E-state index >= 15 is 0 Å². The quantitative estimate of drug-likeness (QED) is 0.583. The van der Waals surface area contributed by atoms with Crippen molar-refractivity contribution in [2.24, 2.45) is 5.16 Å². The Morgan fingerprint density at radius 3 is 2.67 bits per heavy atom. The van der Waals surface area contributed by atoms with Crippen molar-refractivity contribution in [1.82, 2.24) is 0 Å². The van der Waals surface area contributed by atoms with Crippen molar-refractivity contribution in [2.45, 2.75) is 6.92 Å². The summed E-state index contributed by atoms with van der Waals surface area (Å²) in [5.74, 6) is -0.0735. The summed E-state index contributed by atoms with van der Waals surface area (Å²) in [4.78, 5) is 16.9. The summed E-state index contributed by atoms with van der Waals surface area (Å²) in [6.07, 6.45) is 1.63. The van der Waals surface area contributed by atoms with Crippen LogP contribution in [0.1, 0.15) is 18.1 Å². The summed E-state index contributed by atoms with van der Waals surface area (Å²) >= 11 is 12.3. The lowest BCUT2D eigenvalue weighted by Gasteiger charge is -2.10. The predicted octanol–water partition coefficient (Wildman–Crippen LogP) is 4.74. The van der Waals surface area contributed by atoms with E-state index in [-0.39, 0.29) is 0 Å². The van der Waals surface area contributed by atoms with Gasteiger partial charge >= 0.3 is 5.97 Å². The third-order valence-electron chi connectivity index (χ3n) is 3.37. The van der Waals surface area contributed by atoms with Gasteiger partial charge in [0.05, 0.1) is 17.2 Å². The molecule has 0 fully saturated rings. The van der Waals surface area contributed by atoms with Crippen LogP contribution < -0.4 is 4.74 Å². The third kappa shape index (κ3) is 3.30. The van der Waals surface area contributed by atoms with Crippen LogP contribution in [-0.4, -0.2) is 18.3 Å². The second-order valence-electron chi connectivity index (χ2n) is 4.98. The van der Waals surface area contributed by atoms with E-state index in [0.717, 1.165) is 5.56 Å². The Hall–Kier alpha value is -2.30. The van der Waals surface area contributed by atoms with Crippen molar-refractivity contribution in [1.29, 1.82) is 0 Å². The highest BCUT2D eigenvalue weighted by Crippen LogP contribution is 2.35. The Bertz CT molecular complexity index is 845. The predicted molar refractivity (Wildman–Crippen MR) is 94.7 cm³/mol. The van der Waals surface area contributed by atoms with Crippen LogP contribution in [0.25, 0.3) is 6.08 Å². The summed E-state index contributed by atoms with van der Waals surface area (Å²) in [7, 11) is 0. The van der Waals surface area contributed by atoms with E-state index in [9.17, 15) is 4.79 Å². The van der Waals surface area contributed by atoms with Crippen molar-refractivity contribution >= 4 is 41.0 Å². The van der Waals surface area contributed by atoms with Crippen molar-refractivity contribution in [3.05, 3.63) is 69.2 Å². The Balaban J connectivity index is 2.10. The molecule has 0 saturated heterocycles. The zero-order chi connectivity index (χ0) is 17.1. The number of carbonyl (C=O) groups excluding carboxylic acids is 1. The second kappa shape index (κ2) is 7.07. The average Bonchev–Trinajstić information content (AvgIpc) is 2.92. The molecule has 1 aliphatic heterocycles. The highest BCUT2D eigenvalue weighted by Gasteiger charge is 2.27. The maximum atomic E-state index is 12.1. The van der Waals surface area contributed by atoms with Crippen molar-refractivity contribution < 1.29 is 14.4 Å². The largest absolute Gasteiger partial charge is 0.492 e. The summed E-state index contributed by atoms with van der Waals surface area (Å²) in [6.45, 7) is 2.28. The highest BCUT2D eigenvalue weighted by molar-refractivity contribution is 6.36.